The zero-order valence-corrected chi connectivity index (χ0v) is 18.3. The van der Waals surface area contributed by atoms with Crippen LogP contribution < -0.4 is 4.90 Å². The van der Waals surface area contributed by atoms with Gasteiger partial charge in [0.25, 0.3) is 5.89 Å². The second-order valence-electron chi connectivity index (χ2n) is 7.88. The Kier molecular flexibility index (Phi) is 6.07. The Bertz CT molecular complexity index is 1180. The first kappa shape index (κ1) is 20.6. The summed E-state index contributed by atoms with van der Waals surface area (Å²) in [6, 6.07) is 11.7. The third kappa shape index (κ3) is 4.34. The number of hydrogen-bond donors (Lipinski definition) is 0. The number of rotatable bonds is 6. The molecule has 1 fully saturated rings. The highest BCUT2D eigenvalue weighted by atomic mass is 35.5. The summed E-state index contributed by atoms with van der Waals surface area (Å²) in [6.07, 6.45) is 11.5. The third-order valence-electron chi connectivity index (χ3n) is 5.78. The van der Waals surface area contributed by atoms with E-state index in [1.165, 1.54) is 19.3 Å². The summed E-state index contributed by atoms with van der Waals surface area (Å²) >= 11 is 6.24. The highest BCUT2D eigenvalue weighted by Crippen LogP contribution is 2.32. The van der Waals surface area contributed by atoms with Gasteiger partial charge in [0.1, 0.15) is 11.0 Å². The van der Waals surface area contributed by atoms with Gasteiger partial charge in [-0.25, -0.2) is 9.97 Å². The van der Waals surface area contributed by atoms with Crippen LogP contribution in [0, 0.1) is 0 Å². The van der Waals surface area contributed by atoms with Gasteiger partial charge in [0, 0.05) is 37.9 Å². The molecule has 1 saturated heterocycles. The van der Waals surface area contributed by atoms with Crippen LogP contribution in [0.4, 0.5) is 5.82 Å². The van der Waals surface area contributed by atoms with Crippen LogP contribution in [0.2, 0.25) is 5.15 Å². The minimum Gasteiger partial charge on any atom is -0.356 e. The number of aromatic nitrogens is 5. The fourth-order valence-corrected chi connectivity index (χ4v) is 4.37. The van der Waals surface area contributed by atoms with Gasteiger partial charge in [0.05, 0.1) is 11.5 Å². The van der Waals surface area contributed by atoms with Crippen LogP contribution in [0.15, 0.2) is 65.7 Å². The van der Waals surface area contributed by atoms with Crippen LogP contribution in [0.25, 0.3) is 11.5 Å². The normalized spacial score (nSPS) is 15.0. The SMILES string of the molecule is Clc1ncccc1-c1nc(C(Cc2cccnc2N2CCCCC2)c2cccnc2)no1. The molecule has 0 bridgehead atoms. The summed E-state index contributed by atoms with van der Waals surface area (Å²) in [5.41, 5.74) is 2.80. The van der Waals surface area contributed by atoms with E-state index in [9.17, 15) is 0 Å². The smallest absolute Gasteiger partial charge is 0.261 e. The molecule has 1 aliphatic heterocycles. The van der Waals surface area contributed by atoms with Crippen molar-refractivity contribution in [1.29, 1.82) is 0 Å². The molecular weight excluding hydrogens is 424 g/mol. The Morgan fingerprint density at radius 2 is 1.78 bits per heavy atom. The van der Waals surface area contributed by atoms with Crippen molar-refractivity contribution in [3.05, 3.63) is 83.3 Å². The molecule has 7 nitrogen and oxygen atoms in total. The summed E-state index contributed by atoms with van der Waals surface area (Å²) < 4.78 is 5.59. The molecule has 1 atom stereocenters. The van der Waals surface area contributed by atoms with Crippen LogP contribution in [-0.4, -0.2) is 38.2 Å². The molecular formula is C24H23ClN6O. The molecule has 4 aromatic heterocycles. The van der Waals surface area contributed by atoms with Gasteiger partial charge < -0.3 is 9.42 Å². The molecule has 1 unspecified atom stereocenters. The Balaban J connectivity index is 1.51. The van der Waals surface area contributed by atoms with Crippen molar-refractivity contribution in [2.45, 2.75) is 31.6 Å². The fourth-order valence-electron chi connectivity index (χ4n) is 4.17. The van der Waals surface area contributed by atoms with Crippen molar-refractivity contribution >= 4 is 17.4 Å². The van der Waals surface area contributed by atoms with E-state index in [1.807, 2.05) is 36.7 Å². The van der Waals surface area contributed by atoms with Gasteiger partial charge in [-0.2, -0.15) is 4.98 Å². The summed E-state index contributed by atoms with van der Waals surface area (Å²) in [5, 5.41) is 4.65. The quantitative estimate of drug-likeness (QED) is 0.388. The topological polar surface area (TPSA) is 80.8 Å². The largest absolute Gasteiger partial charge is 0.356 e. The Labute approximate surface area is 191 Å². The third-order valence-corrected chi connectivity index (χ3v) is 6.08. The van der Waals surface area contributed by atoms with Crippen molar-refractivity contribution in [3.63, 3.8) is 0 Å². The lowest BCUT2D eigenvalue weighted by Gasteiger charge is -2.30. The Morgan fingerprint density at radius 1 is 0.969 bits per heavy atom. The van der Waals surface area contributed by atoms with Gasteiger partial charge in [0.2, 0.25) is 0 Å². The number of halogens is 1. The van der Waals surface area contributed by atoms with Gasteiger partial charge in [-0.05, 0) is 61.1 Å². The van der Waals surface area contributed by atoms with E-state index < -0.39 is 0 Å². The van der Waals surface area contributed by atoms with Crippen molar-refractivity contribution in [2.24, 2.45) is 0 Å². The van der Waals surface area contributed by atoms with Crippen molar-refractivity contribution in [3.8, 4) is 11.5 Å². The molecule has 0 amide bonds. The molecule has 0 N–H and O–H groups in total. The van der Waals surface area contributed by atoms with Gasteiger partial charge in [-0.1, -0.05) is 28.9 Å². The zero-order chi connectivity index (χ0) is 21.8. The summed E-state index contributed by atoms with van der Waals surface area (Å²) in [7, 11) is 0. The maximum Gasteiger partial charge on any atom is 0.261 e. The Morgan fingerprint density at radius 3 is 2.59 bits per heavy atom. The van der Waals surface area contributed by atoms with E-state index in [0.29, 0.717) is 28.9 Å². The van der Waals surface area contributed by atoms with Crippen LogP contribution in [-0.2, 0) is 6.42 Å². The van der Waals surface area contributed by atoms with E-state index >= 15 is 0 Å². The Hall–Kier alpha value is -3.32. The van der Waals surface area contributed by atoms with Crippen LogP contribution >= 0.6 is 11.6 Å². The molecule has 5 rings (SSSR count). The molecule has 0 spiro atoms. The number of anilines is 1. The number of hydrogen-bond acceptors (Lipinski definition) is 7. The molecule has 0 aromatic carbocycles. The van der Waals surface area contributed by atoms with Crippen molar-refractivity contribution < 1.29 is 4.52 Å². The van der Waals surface area contributed by atoms with E-state index in [-0.39, 0.29) is 5.92 Å². The molecule has 4 aromatic rings. The second kappa shape index (κ2) is 9.44. The summed E-state index contributed by atoms with van der Waals surface area (Å²) in [5.74, 6) is 1.85. The van der Waals surface area contributed by atoms with Gasteiger partial charge >= 0.3 is 0 Å². The lowest BCUT2D eigenvalue weighted by Crippen LogP contribution is -2.31. The van der Waals surface area contributed by atoms with E-state index in [1.54, 1.807) is 18.5 Å². The standard InChI is InChI=1S/C24H23ClN6O/c25-21-19(9-6-11-27-21)24-29-22(30-32-24)20(18-8-4-10-26-16-18)15-17-7-5-12-28-23(17)31-13-2-1-3-14-31/h4-12,16,20H,1-3,13-15H2. The van der Waals surface area contributed by atoms with Gasteiger partial charge in [0.15, 0.2) is 5.82 Å². The lowest BCUT2D eigenvalue weighted by atomic mass is 9.92. The molecule has 5 heterocycles. The van der Waals surface area contributed by atoms with Crippen LogP contribution in [0.1, 0.15) is 42.1 Å². The molecule has 162 valence electrons. The average Bonchev–Trinajstić information content (AvgIpc) is 3.34. The van der Waals surface area contributed by atoms with Crippen LogP contribution in [0.3, 0.4) is 0 Å². The average molecular weight is 447 g/mol. The monoisotopic (exact) mass is 446 g/mol. The molecule has 8 heteroatoms. The molecule has 1 aliphatic rings. The highest BCUT2D eigenvalue weighted by Gasteiger charge is 2.25. The summed E-state index contributed by atoms with van der Waals surface area (Å²) in [4.78, 5) is 20.2. The van der Waals surface area contributed by atoms with Crippen molar-refractivity contribution in [1.82, 2.24) is 25.1 Å². The van der Waals surface area contributed by atoms with E-state index in [0.717, 1.165) is 30.0 Å². The minimum atomic E-state index is -0.135. The number of piperidine rings is 1. The molecule has 32 heavy (non-hydrogen) atoms. The molecule has 0 radical (unpaired) electrons. The fraction of sp³-hybridized carbons (Fsp3) is 0.292. The van der Waals surface area contributed by atoms with Gasteiger partial charge in [-0.3, -0.25) is 4.98 Å². The first-order valence-corrected chi connectivity index (χ1v) is 11.2. The van der Waals surface area contributed by atoms with Gasteiger partial charge in [-0.15, -0.1) is 0 Å². The first-order chi connectivity index (χ1) is 15.8. The summed E-state index contributed by atoms with van der Waals surface area (Å²) in [6.45, 7) is 2.07. The predicted octanol–water partition coefficient (Wildman–Crippen LogP) is 4.94. The maximum atomic E-state index is 6.24. The lowest BCUT2D eigenvalue weighted by molar-refractivity contribution is 0.418. The predicted molar refractivity (Wildman–Crippen MR) is 123 cm³/mol. The van der Waals surface area contributed by atoms with E-state index in [4.69, 9.17) is 26.1 Å². The zero-order valence-electron chi connectivity index (χ0n) is 17.6. The van der Waals surface area contributed by atoms with Crippen LogP contribution in [0.5, 0.6) is 0 Å². The van der Waals surface area contributed by atoms with Crippen molar-refractivity contribution in [2.75, 3.05) is 18.0 Å². The maximum absolute atomic E-state index is 6.24. The minimum absolute atomic E-state index is 0.135. The highest BCUT2D eigenvalue weighted by molar-refractivity contribution is 6.31. The number of nitrogens with zero attached hydrogens (tertiary/aromatic N) is 6. The first-order valence-electron chi connectivity index (χ1n) is 10.8. The number of pyridine rings is 3. The molecule has 0 aliphatic carbocycles. The molecule has 0 saturated carbocycles. The van der Waals surface area contributed by atoms with E-state index in [2.05, 4.69) is 26.1 Å². The second-order valence-corrected chi connectivity index (χ2v) is 8.23.